The third kappa shape index (κ3) is 7.98. The first-order valence-corrected chi connectivity index (χ1v) is 12.6. The maximum absolute atomic E-state index is 13.5. The number of nitrogens with one attached hydrogen (secondary N) is 1. The first kappa shape index (κ1) is 26.0. The van der Waals surface area contributed by atoms with E-state index in [2.05, 4.69) is 59.0 Å². The predicted octanol–water partition coefficient (Wildman–Crippen LogP) is 5.97. The highest BCUT2D eigenvalue weighted by atomic mass is 16.5. The van der Waals surface area contributed by atoms with Crippen molar-refractivity contribution in [2.24, 2.45) is 23.7 Å². The molecule has 1 aliphatic rings. The number of ketones is 1. The van der Waals surface area contributed by atoms with E-state index in [1.807, 2.05) is 13.1 Å². The number of pyridine rings is 1. The largest absolute Gasteiger partial charge is 0.380 e. The van der Waals surface area contributed by atoms with Crippen molar-refractivity contribution in [3.63, 3.8) is 0 Å². The summed E-state index contributed by atoms with van der Waals surface area (Å²) in [6, 6.07) is 4.62. The average Bonchev–Trinajstić information content (AvgIpc) is 3.57. The van der Waals surface area contributed by atoms with Crippen LogP contribution in [0.1, 0.15) is 97.2 Å². The first-order valence-electron chi connectivity index (χ1n) is 12.6. The quantitative estimate of drug-likeness (QED) is 0.372. The lowest BCUT2D eigenvalue weighted by Crippen LogP contribution is -2.41. The number of carbonyl (C=O) groups is 1. The lowest BCUT2D eigenvalue weighted by atomic mass is 9.82. The Hall–Kier alpha value is -1.26. The Kier molecular flexibility index (Phi) is 10.6. The fourth-order valence-corrected chi connectivity index (χ4v) is 4.36. The predicted molar refractivity (Wildman–Crippen MR) is 129 cm³/mol. The van der Waals surface area contributed by atoms with Crippen LogP contribution in [0.15, 0.2) is 18.3 Å². The van der Waals surface area contributed by atoms with Crippen LogP contribution in [0.3, 0.4) is 0 Å². The summed E-state index contributed by atoms with van der Waals surface area (Å²) >= 11 is 0. The minimum atomic E-state index is -0.0250. The van der Waals surface area contributed by atoms with E-state index in [-0.39, 0.29) is 11.8 Å². The molecule has 1 fully saturated rings. The molecule has 1 saturated carbocycles. The fourth-order valence-electron chi connectivity index (χ4n) is 4.36. The number of ether oxygens (including phenoxy) is 1. The Morgan fingerprint density at radius 2 is 1.87 bits per heavy atom. The number of hydrogen-bond donors (Lipinski definition) is 1. The third-order valence-electron chi connectivity index (χ3n) is 6.92. The molecule has 4 nitrogen and oxygen atoms in total. The number of aromatic nitrogens is 1. The van der Waals surface area contributed by atoms with Crippen LogP contribution < -0.4 is 5.32 Å². The van der Waals surface area contributed by atoms with Crippen LogP contribution in [0.25, 0.3) is 0 Å². The van der Waals surface area contributed by atoms with Crippen molar-refractivity contribution in [3.8, 4) is 0 Å². The van der Waals surface area contributed by atoms with Crippen LogP contribution >= 0.6 is 0 Å². The molecule has 1 unspecified atom stereocenters. The average molecular weight is 431 g/mol. The van der Waals surface area contributed by atoms with Crippen molar-refractivity contribution < 1.29 is 9.53 Å². The van der Waals surface area contributed by atoms with Crippen LogP contribution in [-0.2, 0) is 9.53 Å². The fraction of sp³-hybridized carbons (Fsp3) is 0.778. The topological polar surface area (TPSA) is 51.2 Å². The van der Waals surface area contributed by atoms with Gasteiger partial charge < -0.3 is 10.1 Å². The van der Waals surface area contributed by atoms with Gasteiger partial charge in [-0.05, 0) is 68.0 Å². The van der Waals surface area contributed by atoms with Crippen LogP contribution in [-0.4, -0.2) is 36.6 Å². The van der Waals surface area contributed by atoms with Gasteiger partial charge in [-0.2, -0.15) is 0 Å². The Morgan fingerprint density at radius 1 is 1.16 bits per heavy atom. The summed E-state index contributed by atoms with van der Waals surface area (Å²) in [5.41, 5.74) is 2.22. The van der Waals surface area contributed by atoms with Gasteiger partial charge in [0.2, 0.25) is 0 Å². The molecule has 1 aliphatic carbocycles. The molecule has 176 valence electrons. The lowest BCUT2D eigenvalue weighted by molar-refractivity contribution is -0.125. The molecule has 1 N–H and O–H groups in total. The highest BCUT2D eigenvalue weighted by molar-refractivity contribution is 5.87. The summed E-state index contributed by atoms with van der Waals surface area (Å²) in [7, 11) is 0. The molecule has 1 aromatic heterocycles. The zero-order chi connectivity index (χ0) is 23.0. The van der Waals surface area contributed by atoms with E-state index in [9.17, 15) is 4.79 Å². The van der Waals surface area contributed by atoms with Gasteiger partial charge in [-0.15, -0.1) is 0 Å². The van der Waals surface area contributed by atoms with Crippen molar-refractivity contribution in [3.05, 3.63) is 29.6 Å². The van der Waals surface area contributed by atoms with Gasteiger partial charge in [0.15, 0.2) is 0 Å². The van der Waals surface area contributed by atoms with Crippen LogP contribution in [0.5, 0.6) is 0 Å². The van der Waals surface area contributed by atoms with E-state index in [4.69, 9.17) is 9.72 Å². The molecule has 2 rings (SSSR count). The second kappa shape index (κ2) is 12.7. The zero-order valence-corrected chi connectivity index (χ0v) is 21.0. The van der Waals surface area contributed by atoms with E-state index >= 15 is 0 Å². The monoisotopic (exact) mass is 430 g/mol. The number of Topliss-reactive ketones (excluding diaryl/α,β-unsaturated/α-hetero) is 1. The van der Waals surface area contributed by atoms with Gasteiger partial charge in [0.25, 0.3) is 0 Å². The molecule has 0 saturated heterocycles. The third-order valence-corrected chi connectivity index (χ3v) is 6.92. The SMILES string of the molecule is CCOC[C@H](NC[C@H](CC)C[C@H](C)C(=O)C(c1ccc(C(C)C)cn1)C1CC1)C(C)C. The second-order valence-electron chi connectivity index (χ2n) is 10.2. The summed E-state index contributed by atoms with van der Waals surface area (Å²) in [5, 5.41) is 3.71. The molecule has 1 heterocycles. The van der Waals surface area contributed by atoms with E-state index in [0.717, 1.165) is 51.1 Å². The van der Waals surface area contributed by atoms with Crippen molar-refractivity contribution in [2.45, 2.75) is 92.0 Å². The summed E-state index contributed by atoms with van der Waals surface area (Å²) in [5.74, 6) is 2.41. The van der Waals surface area contributed by atoms with E-state index < -0.39 is 0 Å². The maximum Gasteiger partial charge on any atom is 0.144 e. The molecular formula is C27H46N2O2. The molecule has 31 heavy (non-hydrogen) atoms. The molecule has 0 aromatic carbocycles. The van der Waals surface area contributed by atoms with Crippen LogP contribution in [0, 0.1) is 23.7 Å². The van der Waals surface area contributed by atoms with Gasteiger partial charge in [-0.25, -0.2) is 0 Å². The first-order chi connectivity index (χ1) is 14.8. The minimum Gasteiger partial charge on any atom is -0.380 e. The molecule has 0 amide bonds. The van der Waals surface area contributed by atoms with Gasteiger partial charge in [0.05, 0.1) is 18.2 Å². The Morgan fingerprint density at radius 3 is 2.35 bits per heavy atom. The minimum absolute atomic E-state index is 0.0250. The summed E-state index contributed by atoms with van der Waals surface area (Å²) in [6.45, 7) is 17.7. The van der Waals surface area contributed by atoms with Crippen LogP contribution in [0.4, 0.5) is 0 Å². The van der Waals surface area contributed by atoms with E-state index in [1.54, 1.807) is 0 Å². The highest BCUT2D eigenvalue weighted by Crippen LogP contribution is 2.44. The van der Waals surface area contributed by atoms with Gasteiger partial charge in [0, 0.05) is 24.8 Å². The van der Waals surface area contributed by atoms with E-state index in [0.29, 0.717) is 35.5 Å². The summed E-state index contributed by atoms with van der Waals surface area (Å²) in [6.07, 6.45) is 6.30. The second-order valence-corrected chi connectivity index (χ2v) is 10.2. The highest BCUT2D eigenvalue weighted by Gasteiger charge is 2.40. The lowest BCUT2D eigenvalue weighted by Gasteiger charge is -2.27. The normalized spacial score (nSPS) is 18.2. The molecule has 0 bridgehead atoms. The molecular weight excluding hydrogens is 384 g/mol. The smallest absolute Gasteiger partial charge is 0.144 e. The van der Waals surface area contributed by atoms with E-state index in [1.165, 1.54) is 5.56 Å². The Labute approximate surface area is 190 Å². The zero-order valence-electron chi connectivity index (χ0n) is 21.0. The standard InChI is InChI=1S/C27H46N2O2/c1-8-21(15-28-25(19(5)6)17-31-9-2)14-20(7)27(30)26(22-10-11-22)24-13-12-23(16-29-24)18(3)4/h12-13,16,18-22,25-26,28H,8-11,14-15,17H2,1-7H3/t20-,21+,25-,26?/m0/s1. The molecule has 0 spiro atoms. The number of hydrogen-bond acceptors (Lipinski definition) is 4. The number of carbonyl (C=O) groups excluding carboxylic acids is 1. The van der Waals surface area contributed by atoms with Crippen molar-refractivity contribution in [1.82, 2.24) is 10.3 Å². The summed E-state index contributed by atoms with van der Waals surface area (Å²) in [4.78, 5) is 18.2. The van der Waals surface area contributed by atoms with Crippen molar-refractivity contribution in [2.75, 3.05) is 19.8 Å². The van der Waals surface area contributed by atoms with Gasteiger partial charge >= 0.3 is 0 Å². The summed E-state index contributed by atoms with van der Waals surface area (Å²) < 4.78 is 5.66. The number of rotatable bonds is 15. The van der Waals surface area contributed by atoms with Crippen molar-refractivity contribution in [1.29, 1.82) is 0 Å². The Balaban J connectivity index is 1.98. The number of nitrogens with zero attached hydrogens (tertiary/aromatic N) is 1. The van der Waals surface area contributed by atoms with Crippen molar-refractivity contribution >= 4 is 5.78 Å². The molecule has 0 radical (unpaired) electrons. The maximum atomic E-state index is 13.5. The van der Waals surface area contributed by atoms with Crippen LogP contribution in [0.2, 0.25) is 0 Å². The molecule has 0 aliphatic heterocycles. The molecule has 4 heteroatoms. The molecule has 4 atom stereocenters. The molecule has 1 aromatic rings. The van der Waals surface area contributed by atoms with Gasteiger partial charge in [0.1, 0.15) is 5.78 Å². The Bertz CT molecular complexity index is 652. The van der Waals surface area contributed by atoms with Gasteiger partial charge in [-0.3, -0.25) is 9.78 Å². The van der Waals surface area contributed by atoms with Gasteiger partial charge in [-0.1, -0.05) is 54.0 Å².